The van der Waals surface area contributed by atoms with E-state index in [2.05, 4.69) is 5.32 Å². The summed E-state index contributed by atoms with van der Waals surface area (Å²) in [5.41, 5.74) is 1.40. The zero-order valence-corrected chi connectivity index (χ0v) is 13.4. The lowest BCUT2D eigenvalue weighted by Gasteiger charge is -2.31. The van der Waals surface area contributed by atoms with Crippen LogP contribution in [0.15, 0.2) is 48.5 Å². The molecule has 1 fully saturated rings. The van der Waals surface area contributed by atoms with Crippen molar-refractivity contribution in [3.63, 3.8) is 0 Å². The number of benzene rings is 2. The Morgan fingerprint density at radius 2 is 1.88 bits per heavy atom. The topological polar surface area (TPSA) is 75.6 Å². The zero-order chi connectivity index (χ0) is 17.8. The lowest BCUT2D eigenvalue weighted by Crippen LogP contribution is -2.41. The number of rotatable bonds is 6. The van der Waals surface area contributed by atoms with Gasteiger partial charge in [-0.3, -0.25) is 9.59 Å². The molecule has 1 aliphatic carbocycles. The van der Waals surface area contributed by atoms with Crippen LogP contribution in [0.1, 0.15) is 18.4 Å². The second kappa shape index (κ2) is 7.34. The van der Waals surface area contributed by atoms with Crippen LogP contribution in [0.3, 0.4) is 0 Å². The number of nitrogens with one attached hydrogen (secondary N) is 1. The van der Waals surface area contributed by atoms with Crippen molar-refractivity contribution >= 4 is 17.6 Å². The minimum Gasteiger partial charge on any atom is -0.489 e. The van der Waals surface area contributed by atoms with E-state index >= 15 is 0 Å². The normalized spacial score (nSPS) is 18.9. The molecule has 0 aliphatic heterocycles. The standard InChI is InChI=1S/C19H18FNO4/c20-13-4-2-6-15(10-13)25-11-12-3-1-5-14(9-12)21-18(22)16-7-8-17(16)19(23)24/h1-6,9-10,16-17H,7-8,11H2,(H,21,22)(H,23,24). The van der Waals surface area contributed by atoms with Gasteiger partial charge in [-0.1, -0.05) is 18.2 Å². The maximum Gasteiger partial charge on any atom is 0.307 e. The molecular formula is C19H18FNO4. The minimum atomic E-state index is -0.927. The molecule has 0 spiro atoms. The van der Waals surface area contributed by atoms with Crippen LogP contribution in [0.5, 0.6) is 5.75 Å². The summed E-state index contributed by atoms with van der Waals surface area (Å²) in [4.78, 5) is 23.2. The fourth-order valence-electron chi connectivity index (χ4n) is 2.81. The average molecular weight is 343 g/mol. The fraction of sp³-hybridized carbons (Fsp3) is 0.263. The molecule has 0 radical (unpaired) electrons. The Kier molecular flexibility index (Phi) is 4.97. The van der Waals surface area contributed by atoms with E-state index in [-0.39, 0.29) is 18.3 Å². The third-order valence-electron chi connectivity index (χ3n) is 4.32. The van der Waals surface area contributed by atoms with Crippen molar-refractivity contribution in [3.05, 3.63) is 59.9 Å². The number of anilines is 1. The number of hydrogen-bond donors (Lipinski definition) is 2. The molecule has 3 rings (SSSR count). The zero-order valence-electron chi connectivity index (χ0n) is 13.4. The number of halogens is 1. The van der Waals surface area contributed by atoms with Gasteiger partial charge in [0.1, 0.15) is 18.2 Å². The summed E-state index contributed by atoms with van der Waals surface area (Å²) in [5.74, 6) is -2.23. The molecule has 130 valence electrons. The van der Waals surface area contributed by atoms with Gasteiger partial charge in [0.05, 0.1) is 11.8 Å². The highest BCUT2D eigenvalue weighted by atomic mass is 19.1. The molecule has 1 aliphatic rings. The monoisotopic (exact) mass is 343 g/mol. The third kappa shape index (κ3) is 4.15. The molecule has 0 heterocycles. The first-order valence-corrected chi connectivity index (χ1v) is 8.04. The van der Waals surface area contributed by atoms with Crippen LogP contribution in [0.2, 0.25) is 0 Å². The highest BCUT2D eigenvalue weighted by Crippen LogP contribution is 2.35. The summed E-state index contributed by atoms with van der Waals surface area (Å²) in [6, 6.07) is 13.0. The molecule has 0 saturated heterocycles. The fourth-order valence-corrected chi connectivity index (χ4v) is 2.81. The first kappa shape index (κ1) is 17.0. The maximum absolute atomic E-state index is 13.1. The van der Waals surface area contributed by atoms with E-state index in [0.717, 1.165) is 5.56 Å². The molecule has 0 bridgehead atoms. The summed E-state index contributed by atoms with van der Waals surface area (Å²) in [6.07, 6.45) is 1.13. The minimum absolute atomic E-state index is 0.230. The lowest BCUT2D eigenvalue weighted by atomic mass is 9.73. The quantitative estimate of drug-likeness (QED) is 0.842. The van der Waals surface area contributed by atoms with E-state index in [1.165, 1.54) is 12.1 Å². The van der Waals surface area contributed by atoms with E-state index in [9.17, 15) is 14.0 Å². The Morgan fingerprint density at radius 3 is 2.56 bits per heavy atom. The second-order valence-electron chi connectivity index (χ2n) is 6.06. The van der Waals surface area contributed by atoms with Gasteiger partial charge < -0.3 is 15.2 Å². The first-order chi connectivity index (χ1) is 12.0. The number of carbonyl (C=O) groups excluding carboxylic acids is 1. The molecule has 1 amide bonds. The Hall–Kier alpha value is -2.89. The smallest absolute Gasteiger partial charge is 0.307 e. The highest BCUT2D eigenvalue weighted by molar-refractivity contribution is 5.96. The van der Waals surface area contributed by atoms with Gasteiger partial charge in [0, 0.05) is 11.8 Å². The first-order valence-electron chi connectivity index (χ1n) is 8.04. The summed E-state index contributed by atoms with van der Waals surface area (Å²) < 4.78 is 18.7. The number of aliphatic carboxylic acids is 1. The van der Waals surface area contributed by atoms with Crippen LogP contribution >= 0.6 is 0 Å². The molecule has 5 nitrogen and oxygen atoms in total. The Labute approximate surface area is 144 Å². The Bertz CT molecular complexity index is 792. The number of carbonyl (C=O) groups is 2. The van der Waals surface area contributed by atoms with E-state index in [4.69, 9.17) is 9.84 Å². The number of carboxylic acid groups (broad SMARTS) is 1. The van der Waals surface area contributed by atoms with Gasteiger partial charge in [-0.05, 0) is 42.7 Å². The highest BCUT2D eigenvalue weighted by Gasteiger charge is 2.41. The van der Waals surface area contributed by atoms with Gasteiger partial charge in [-0.15, -0.1) is 0 Å². The number of ether oxygens (including phenoxy) is 1. The predicted molar refractivity (Wildman–Crippen MR) is 89.7 cm³/mol. The molecular weight excluding hydrogens is 325 g/mol. The summed E-state index contributed by atoms with van der Waals surface area (Å²) >= 11 is 0. The van der Waals surface area contributed by atoms with Crippen molar-refractivity contribution in [2.45, 2.75) is 19.4 Å². The van der Waals surface area contributed by atoms with Gasteiger partial charge in [0.15, 0.2) is 0 Å². The van der Waals surface area contributed by atoms with Crippen molar-refractivity contribution in [1.82, 2.24) is 0 Å². The van der Waals surface area contributed by atoms with Crippen LogP contribution in [0.25, 0.3) is 0 Å². The van der Waals surface area contributed by atoms with Crippen LogP contribution in [0, 0.1) is 17.7 Å². The van der Waals surface area contributed by atoms with E-state index < -0.39 is 17.8 Å². The van der Waals surface area contributed by atoms with Gasteiger partial charge in [0.2, 0.25) is 5.91 Å². The summed E-state index contributed by atoms with van der Waals surface area (Å²) in [6.45, 7) is 0.230. The number of carboxylic acids is 1. The molecule has 2 N–H and O–H groups in total. The molecule has 25 heavy (non-hydrogen) atoms. The Morgan fingerprint density at radius 1 is 1.12 bits per heavy atom. The van der Waals surface area contributed by atoms with Gasteiger partial charge in [0.25, 0.3) is 0 Å². The van der Waals surface area contributed by atoms with E-state index in [1.807, 2.05) is 6.07 Å². The number of amides is 1. The third-order valence-corrected chi connectivity index (χ3v) is 4.32. The van der Waals surface area contributed by atoms with Gasteiger partial charge >= 0.3 is 5.97 Å². The molecule has 2 atom stereocenters. The predicted octanol–water partition coefficient (Wildman–Crippen LogP) is 3.45. The largest absolute Gasteiger partial charge is 0.489 e. The van der Waals surface area contributed by atoms with Crippen molar-refractivity contribution in [2.24, 2.45) is 11.8 Å². The molecule has 2 aromatic carbocycles. The van der Waals surface area contributed by atoms with E-state index in [1.54, 1.807) is 30.3 Å². The van der Waals surface area contributed by atoms with Gasteiger partial charge in [-0.2, -0.15) is 0 Å². The van der Waals surface area contributed by atoms with Crippen LogP contribution < -0.4 is 10.1 Å². The van der Waals surface area contributed by atoms with Crippen molar-refractivity contribution in [2.75, 3.05) is 5.32 Å². The summed E-state index contributed by atoms with van der Waals surface area (Å²) in [7, 11) is 0. The van der Waals surface area contributed by atoms with Crippen LogP contribution in [0.4, 0.5) is 10.1 Å². The van der Waals surface area contributed by atoms with Crippen molar-refractivity contribution in [1.29, 1.82) is 0 Å². The van der Waals surface area contributed by atoms with Crippen molar-refractivity contribution in [3.8, 4) is 5.75 Å². The molecule has 6 heteroatoms. The average Bonchev–Trinajstić information content (AvgIpc) is 2.51. The van der Waals surface area contributed by atoms with Crippen molar-refractivity contribution < 1.29 is 23.8 Å². The SMILES string of the molecule is O=C(O)C1CCC1C(=O)Nc1cccc(COc2cccc(F)c2)c1. The molecule has 1 saturated carbocycles. The second-order valence-corrected chi connectivity index (χ2v) is 6.06. The van der Waals surface area contributed by atoms with E-state index in [0.29, 0.717) is 24.3 Å². The molecule has 2 aromatic rings. The van der Waals surface area contributed by atoms with Crippen LogP contribution in [-0.2, 0) is 16.2 Å². The molecule has 2 unspecified atom stereocenters. The van der Waals surface area contributed by atoms with Crippen LogP contribution in [-0.4, -0.2) is 17.0 Å². The lowest BCUT2D eigenvalue weighted by molar-refractivity contribution is -0.151. The van der Waals surface area contributed by atoms with Gasteiger partial charge in [-0.25, -0.2) is 4.39 Å². The molecule has 0 aromatic heterocycles. The number of hydrogen-bond acceptors (Lipinski definition) is 3. The summed E-state index contributed by atoms with van der Waals surface area (Å²) in [5, 5.41) is 11.8. The Balaban J connectivity index is 1.59. The maximum atomic E-state index is 13.1.